The number of fused-ring (bicyclic) bond motifs is 1. The van der Waals surface area contributed by atoms with Gasteiger partial charge < -0.3 is 10.4 Å². The minimum absolute atomic E-state index is 0.0153. The Kier molecular flexibility index (Phi) is 4.10. The second-order valence-corrected chi connectivity index (χ2v) is 5.60. The quantitative estimate of drug-likeness (QED) is 0.739. The topological polar surface area (TPSA) is 110 Å². The lowest BCUT2D eigenvalue weighted by Crippen LogP contribution is -2.12. The third-order valence-corrected chi connectivity index (χ3v) is 3.47. The standard InChI is InChI=1S/C16H13F2N5O3/c1-8(24)20-12-6-10-9(7-19-12)14(15(25)26)22-23(10)13-5-3-4-11(21-13)16(2,17)18/h3-7H,1-2H3,(H,25,26)(H,19,20,24). The van der Waals surface area contributed by atoms with Crippen LogP contribution in [-0.4, -0.2) is 36.7 Å². The first kappa shape index (κ1) is 17.4. The van der Waals surface area contributed by atoms with E-state index in [2.05, 4.69) is 20.4 Å². The molecule has 2 N–H and O–H groups in total. The maximum atomic E-state index is 13.6. The summed E-state index contributed by atoms with van der Waals surface area (Å²) in [6, 6.07) is 5.36. The Hall–Kier alpha value is -3.43. The second kappa shape index (κ2) is 6.14. The number of carbonyl (C=O) groups is 2. The zero-order valence-corrected chi connectivity index (χ0v) is 13.7. The second-order valence-electron chi connectivity index (χ2n) is 5.60. The fraction of sp³-hybridized carbons (Fsp3) is 0.188. The Morgan fingerprint density at radius 2 is 2.04 bits per heavy atom. The third kappa shape index (κ3) is 3.21. The molecule has 0 radical (unpaired) electrons. The molecule has 0 saturated carbocycles. The number of hydrogen-bond donors (Lipinski definition) is 2. The Bertz CT molecular complexity index is 1030. The summed E-state index contributed by atoms with van der Waals surface area (Å²) in [5.41, 5.74) is -0.533. The van der Waals surface area contributed by atoms with Crippen molar-refractivity contribution in [1.29, 1.82) is 0 Å². The maximum absolute atomic E-state index is 13.6. The minimum atomic E-state index is -3.17. The predicted octanol–water partition coefficient (Wildman–Crippen LogP) is 2.58. The van der Waals surface area contributed by atoms with Gasteiger partial charge in [0.2, 0.25) is 5.91 Å². The number of pyridine rings is 2. The number of aromatic nitrogens is 4. The van der Waals surface area contributed by atoms with Gasteiger partial charge in [0.25, 0.3) is 5.92 Å². The van der Waals surface area contributed by atoms with Gasteiger partial charge in [-0.2, -0.15) is 13.9 Å². The first-order valence-corrected chi connectivity index (χ1v) is 7.42. The number of hydrogen-bond acceptors (Lipinski definition) is 5. The lowest BCUT2D eigenvalue weighted by Gasteiger charge is -2.11. The van der Waals surface area contributed by atoms with Gasteiger partial charge in [-0.1, -0.05) is 6.07 Å². The van der Waals surface area contributed by atoms with Gasteiger partial charge in [0.1, 0.15) is 11.5 Å². The van der Waals surface area contributed by atoms with E-state index in [0.29, 0.717) is 6.92 Å². The molecule has 8 nitrogen and oxygen atoms in total. The molecule has 26 heavy (non-hydrogen) atoms. The maximum Gasteiger partial charge on any atom is 0.357 e. The number of nitrogens with one attached hydrogen (secondary N) is 1. The molecular formula is C16H13F2N5O3. The van der Waals surface area contributed by atoms with Gasteiger partial charge in [0.15, 0.2) is 11.5 Å². The van der Waals surface area contributed by atoms with Crippen LogP contribution in [-0.2, 0) is 10.7 Å². The number of amides is 1. The summed E-state index contributed by atoms with van der Waals surface area (Å²) in [5, 5.41) is 15.9. The highest BCUT2D eigenvalue weighted by Gasteiger charge is 2.27. The molecule has 1 amide bonds. The monoisotopic (exact) mass is 361 g/mol. The Morgan fingerprint density at radius 1 is 1.31 bits per heavy atom. The van der Waals surface area contributed by atoms with Crippen LogP contribution in [0.3, 0.4) is 0 Å². The number of nitrogens with zero attached hydrogens (tertiary/aromatic N) is 4. The van der Waals surface area contributed by atoms with Crippen molar-refractivity contribution in [3.8, 4) is 5.82 Å². The van der Waals surface area contributed by atoms with E-state index >= 15 is 0 Å². The molecule has 0 saturated heterocycles. The van der Waals surface area contributed by atoms with Crippen molar-refractivity contribution in [1.82, 2.24) is 19.7 Å². The molecule has 0 atom stereocenters. The Labute approximate surface area is 145 Å². The number of aromatic carboxylic acids is 1. The smallest absolute Gasteiger partial charge is 0.357 e. The SMILES string of the molecule is CC(=O)Nc1cc2c(cn1)c(C(=O)O)nn2-c1cccc(C(C)(F)F)n1. The van der Waals surface area contributed by atoms with Crippen LogP contribution in [0.1, 0.15) is 30.0 Å². The molecule has 0 aliphatic heterocycles. The fourth-order valence-corrected chi connectivity index (χ4v) is 2.38. The molecule has 0 aliphatic carbocycles. The highest BCUT2D eigenvalue weighted by Crippen LogP contribution is 2.27. The molecule has 0 aromatic carbocycles. The molecule has 3 rings (SSSR count). The number of carboxylic acid groups (broad SMARTS) is 1. The van der Waals surface area contributed by atoms with Crippen LogP contribution in [0.25, 0.3) is 16.7 Å². The number of alkyl halides is 2. The summed E-state index contributed by atoms with van der Waals surface area (Å²) in [4.78, 5) is 30.5. The van der Waals surface area contributed by atoms with Crippen molar-refractivity contribution in [3.63, 3.8) is 0 Å². The summed E-state index contributed by atoms with van der Waals surface area (Å²) in [6.45, 7) is 2.00. The molecule has 0 unspecified atom stereocenters. The summed E-state index contributed by atoms with van der Waals surface area (Å²) < 4.78 is 28.2. The lowest BCUT2D eigenvalue weighted by molar-refractivity contribution is -0.114. The van der Waals surface area contributed by atoms with Crippen molar-refractivity contribution in [2.24, 2.45) is 0 Å². The number of carbonyl (C=O) groups excluding carboxylic acids is 1. The summed E-state index contributed by atoms with van der Waals surface area (Å²) >= 11 is 0. The van der Waals surface area contributed by atoms with Crippen molar-refractivity contribution < 1.29 is 23.5 Å². The third-order valence-electron chi connectivity index (χ3n) is 3.47. The van der Waals surface area contributed by atoms with Crippen LogP contribution >= 0.6 is 0 Å². The molecule has 3 aromatic heterocycles. The molecule has 134 valence electrons. The Balaban J connectivity index is 2.24. The van der Waals surface area contributed by atoms with Crippen LogP contribution < -0.4 is 5.32 Å². The summed E-state index contributed by atoms with van der Waals surface area (Å²) in [7, 11) is 0. The van der Waals surface area contributed by atoms with Gasteiger partial charge in [0, 0.05) is 26.1 Å². The van der Waals surface area contributed by atoms with Gasteiger partial charge in [-0.25, -0.2) is 19.4 Å². The fourth-order valence-electron chi connectivity index (χ4n) is 2.38. The van der Waals surface area contributed by atoms with Crippen molar-refractivity contribution in [2.75, 3.05) is 5.32 Å². The molecule has 3 aromatic rings. The first-order chi connectivity index (χ1) is 12.2. The number of rotatable bonds is 4. The van der Waals surface area contributed by atoms with Crippen LogP contribution in [0.4, 0.5) is 14.6 Å². The van der Waals surface area contributed by atoms with E-state index in [1.54, 1.807) is 0 Å². The van der Waals surface area contributed by atoms with Gasteiger partial charge >= 0.3 is 5.97 Å². The van der Waals surface area contributed by atoms with Gasteiger partial charge in [-0.15, -0.1) is 0 Å². The molecule has 0 bridgehead atoms. The van der Waals surface area contributed by atoms with Crippen LogP contribution in [0.2, 0.25) is 0 Å². The van der Waals surface area contributed by atoms with Crippen LogP contribution in [0.15, 0.2) is 30.5 Å². The first-order valence-electron chi connectivity index (χ1n) is 7.42. The highest BCUT2D eigenvalue weighted by atomic mass is 19.3. The number of carboxylic acids is 1. The van der Waals surface area contributed by atoms with E-state index in [4.69, 9.17) is 0 Å². The van der Waals surface area contributed by atoms with E-state index in [1.807, 2.05) is 0 Å². The Morgan fingerprint density at radius 3 is 2.65 bits per heavy atom. The molecule has 10 heteroatoms. The summed E-state index contributed by atoms with van der Waals surface area (Å²) in [5.74, 6) is -4.66. The highest BCUT2D eigenvalue weighted by molar-refractivity contribution is 6.02. The van der Waals surface area contributed by atoms with Crippen LogP contribution in [0.5, 0.6) is 0 Å². The number of anilines is 1. The van der Waals surface area contributed by atoms with Crippen molar-refractivity contribution in [2.45, 2.75) is 19.8 Å². The summed E-state index contributed by atoms with van der Waals surface area (Å²) in [6.07, 6.45) is 1.24. The van der Waals surface area contributed by atoms with E-state index in [9.17, 15) is 23.5 Å². The van der Waals surface area contributed by atoms with E-state index in [-0.39, 0.29) is 34.1 Å². The van der Waals surface area contributed by atoms with E-state index in [1.165, 1.54) is 31.3 Å². The molecular weight excluding hydrogens is 348 g/mol. The van der Waals surface area contributed by atoms with Crippen molar-refractivity contribution >= 4 is 28.6 Å². The molecule has 0 spiro atoms. The molecule has 0 fully saturated rings. The largest absolute Gasteiger partial charge is 0.476 e. The average molecular weight is 361 g/mol. The molecule has 3 heterocycles. The van der Waals surface area contributed by atoms with Gasteiger partial charge in [0.05, 0.1) is 10.9 Å². The predicted molar refractivity (Wildman–Crippen MR) is 87.5 cm³/mol. The van der Waals surface area contributed by atoms with E-state index in [0.717, 1.165) is 10.7 Å². The molecule has 0 aliphatic rings. The average Bonchev–Trinajstić information content (AvgIpc) is 2.92. The van der Waals surface area contributed by atoms with Gasteiger partial charge in [-0.3, -0.25) is 4.79 Å². The van der Waals surface area contributed by atoms with Crippen LogP contribution in [0, 0.1) is 0 Å². The van der Waals surface area contributed by atoms with E-state index < -0.39 is 17.6 Å². The normalized spacial score (nSPS) is 11.5. The zero-order chi connectivity index (χ0) is 19.1. The van der Waals surface area contributed by atoms with Crippen molar-refractivity contribution in [3.05, 3.63) is 41.9 Å². The minimum Gasteiger partial charge on any atom is -0.476 e. The zero-order valence-electron chi connectivity index (χ0n) is 13.7. The number of halogens is 2. The lowest BCUT2D eigenvalue weighted by atomic mass is 10.2. The van der Waals surface area contributed by atoms with Gasteiger partial charge in [-0.05, 0) is 12.1 Å².